The highest BCUT2D eigenvalue weighted by molar-refractivity contribution is 6.30. The van der Waals surface area contributed by atoms with Crippen molar-refractivity contribution in [2.45, 2.75) is 50.3 Å². The molecule has 2 fully saturated rings. The Morgan fingerprint density at radius 3 is 2.61 bits per heavy atom. The molecule has 2 bridgehead atoms. The van der Waals surface area contributed by atoms with Gasteiger partial charge in [-0.1, -0.05) is 18.0 Å². The Morgan fingerprint density at radius 2 is 1.94 bits per heavy atom. The summed E-state index contributed by atoms with van der Waals surface area (Å²) in [6.45, 7) is 0. The Hall–Kier alpha value is -0.800. The van der Waals surface area contributed by atoms with Crippen LogP contribution in [0.15, 0.2) is 18.2 Å². The van der Waals surface area contributed by atoms with Gasteiger partial charge in [-0.2, -0.15) is 0 Å². The van der Waals surface area contributed by atoms with Gasteiger partial charge in [-0.3, -0.25) is 0 Å². The van der Waals surface area contributed by atoms with E-state index in [1.807, 2.05) is 0 Å². The molecule has 98 valence electrons. The van der Waals surface area contributed by atoms with Crippen LogP contribution in [0.5, 0.6) is 5.75 Å². The van der Waals surface area contributed by atoms with Crippen molar-refractivity contribution in [2.75, 3.05) is 0 Å². The topological polar surface area (TPSA) is 21.3 Å². The fourth-order valence-electron chi connectivity index (χ4n) is 3.05. The largest absolute Gasteiger partial charge is 0.490 e. The van der Waals surface area contributed by atoms with Gasteiger partial charge in [0.15, 0.2) is 0 Å². The van der Waals surface area contributed by atoms with Crippen molar-refractivity contribution in [3.8, 4) is 5.75 Å². The molecule has 3 rings (SSSR count). The minimum Gasteiger partial charge on any atom is -0.490 e. The summed E-state index contributed by atoms with van der Waals surface area (Å²) in [5.74, 6) is 0.171. The third-order valence-corrected chi connectivity index (χ3v) is 4.17. The molecule has 2 nitrogen and oxygen atoms in total. The van der Waals surface area contributed by atoms with Gasteiger partial charge in [0, 0.05) is 18.2 Å². The summed E-state index contributed by atoms with van der Waals surface area (Å²) in [6.07, 6.45) is 5.99. The SMILES string of the molecule is Fc1cc(OC2CC3CCCC(C2)N3)ccc1Cl. The van der Waals surface area contributed by atoms with Crippen LogP contribution < -0.4 is 10.1 Å². The van der Waals surface area contributed by atoms with Crippen molar-refractivity contribution in [3.05, 3.63) is 29.0 Å². The number of halogens is 2. The number of ether oxygens (including phenoxy) is 1. The number of rotatable bonds is 2. The van der Waals surface area contributed by atoms with E-state index in [0.717, 1.165) is 12.8 Å². The zero-order chi connectivity index (χ0) is 12.5. The third-order valence-electron chi connectivity index (χ3n) is 3.87. The van der Waals surface area contributed by atoms with Crippen LogP contribution in [0.25, 0.3) is 0 Å². The second-order valence-electron chi connectivity index (χ2n) is 5.28. The fourth-order valence-corrected chi connectivity index (χ4v) is 3.17. The first-order valence-electron chi connectivity index (χ1n) is 6.58. The van der Waals surface area contributed by atoms with E-state index in [1.54, 1.807) is 12.1 Å². The van der Waals surface area contributed by atoms with Gasteiger partial charge in [0.1, 0.15) is 17.7 Å². The van der Waals surface area contributed by atoms with Crippen LogP contribution in [0.3, 0.4) is 0 Å². The van der Waals surface area contributed by atoms with Crippen molar-refractivity contribution in [1.29, 1.82) is 0 Å². The molecule has 2 atom stereocenters. The van der Waals surface area contributed by atoms with E-state index in [2.05, 4.69) is 5.32 Å². The maximum Gasteiger partial charge on any atom is 0.145 e. The molecule has 2 aliphatic rings. The molecule has 2 heterocycles. The molecule has 0 spiro atoms. The van der Waals surface area contributed by atoms with Crippen molar-refractivity contribution in [2.24, 2.45) is 0 Å². The number of benzene rings is 1. The number of piperidine rings is 2. The number of fused-ring (bicyclic) bond motifs is 2. The van der Waals surface area contributed by atoms with E-state index >= 15 is 0 Å². The summed E-state index contributed by atoms with van der Waals surface area (Å²) in [5.41, 5.74) is 0. The van der Waals surface area contributed by atoms with Gasteiger partial charge in [0.2, 0.25) is 0 Å². The number of nitrogens with one attached hydrogen (secondary N) is 1. The van der Waals surface area contributed by atoms with Crippen LogP contribution >= 0.6 is 11.6 Å². The fraction of sp³-hybridized carbons (Fsp3) is 0.571. The molecule has 0 aromatic heterocycles. The molecule has 18 heavy (non-hydrogen) atoms. The lowest BCUT2D eigenvalue weighted by atomic mass is 9.85. The first-order valence-corrected chi connectivity index (χ1v) is 6.96. The predicted molar refractivity (Wildman–Crippen MR) is 69.6 cm³/mol. The summed E-state index contributed by atoms with van der Waals surface area (Å²) < 4.78 is 19.2. The van der Waals surface area contributed by atoms with Gasteiger partial charge >= 0.3 is 0 Å². The third kappa shape index (κ3) is 2.62. The van der Waals surface area contributed by atoms with Gasteiger partial charge in [-0.15, -0.1) is 0 Å². The average molecular weight is 270 g/mol. The monoisotopic (exact) mass is 269 g/mol. The smallest absolute Gasteiger partial charge is 0.145 e. The van der Waals surface area contributed by atoms with Gasteiger partial charge in [0.05, 0.1) is 5.02 Å². The summed E-state index contributed by atoms with van der Waals surface area (Å²) in [5, 5.41) is 3.76. The summed E-state index contributed by atoms with van der Waals surface area (Å²) in [6, 6.07) is 5.80. The minimum absolute atomic E-state index is 0.143. The molecular formula is C14H17ClFNO. The zero-order valence-electron chi connectivity index (χ0n) is 10.2. The van der Waals surface area contributed by atoms with Crippen molar-refractivity contribution in [3.63, 3.8) is 0 Å². The summed E-state index contributed by atoms with van der Waals surface area (Å²) in [4.78, 5) is 0. The van der Waals surface area contributed by atoms with Gasteiger partial charge in [-0.05, 0) is 37.8 Å². The maximum absolute atomic E-state index is 13.3. The van der Waals surface area contributed by atoms with E-state index < -0.39 is 5.82 Å². The molecule has 1 aromatic carbocycles. The molecule has 1 aromatic rings. The Labute approximate surface area is 111 Å². The van der Waals surface area contributed by atoms with Gasteiger partial charge in [-0.25, -0.2) is 4.39 Å². The lowest BCUT2D eigenvalue weighted by Crippen LogP contribution is -2.51. The van der Waals surface area contributed by atoms with Crippen molar-refractivity contribution in [1.82, 2.24) is 5.32 Å². The van der Waals surface area contributed by atoms with Gasteiger partial charge in [0.25, 0.3) is 0 Å². The Bertz CT molecular complexity index is 428. The van der Waals surface area contributed by atoms with E-state index in [-0.39, 0.29) is 11.1 Å². The van der Waals surface area contributed by atoms with Crippen LogP contribution in [0.1, 0.15) is 32.1 Å². The summed E-state index contributed by atoms with van der Waals surface area (Å²) in [7, 11) is 0. The molecular weight excluding hydrogens is 253 g/mol. The highest BCUT2D eigenvalue weighted by atomic mass is 35.5. The molecule has 0 saturated carbocycles. The standard InChI is InChI=1S/C14H17ClFNO/c15-13-5-4-11(8-14(13)16)18-12-6-9-2-1-3-10(7-12)17-9/h4-5,8-10,12,17H,1-3,6-7H2. The zero-order valence-corrected chi connectivity index (χ0v) is 10.9. The first kappa shape index (κ1) is 12.2. The van der Waals surface area contributed by atoms with E-state index in [1.165, 1.54) is 25.3 Å². The number of hydrogen-bond donors (Lipinski definition) is 1. The molecule has 0 radical (unpaired) electrons. The molecule has 2 aliphatic heterocycles. The van der Waals surface area contributed by atoms with Crippen LogP contribution in [-0.2, 0) is 0 Å². The number of hydrogen-bond acceptors (Lipinski definition) is 2. The molecule has 2 unspecified atom stereocenters. The van der Waals surface area contributed by atoms with Crippen LogP contribution in [-0.4, -0.2) is 18.2 Å². The van der Waals surface area contributed by atoms with E-state index in [9.17, 15) is 4.39 Å². The quantitative estimate of drug-likeness (QED) is 0.887. The molecule has 2 saturated heterocycles. The Balaban J connectivity index is 1.67. The van der Waals surface area contributed by atoms with Crippen molar-refractivity contribution >= 4 is 11.6 Å². The lowest BCUT2D eigenvalue weighted by Gasteiger charge is -2.40. The summed E-state index contributed by atoms with van der Waals surface area (Å²) >= 11 is 5.66. The van der Waals surface area contributed by atoms with E-state index in [0.29, 0.717) is 17.8 Å². The predicted octanol–water partition coefficient (Wildman–Crippen LogP) is 3.53. The van der Waals surface area contributed by atoms with Crippen LogP contribution in [0, 0.1) is 5.82 Å². The van der Waals surface area contributed by atoms with E-state index in [4.69, 9.17) is 16.3 Å². The highest BCUT2D eigenvalue weighted by Gasteiger charge is 2.32. The average Bonchev–Trinajstić information content (AvgIpc) is 2.33. The molecule has 0 aliphatic carbocycles. The molecule has 4 heteroatoms. The van der Waals surface area contributed by atoms with Gasteiger partial charge < -0.3 is 10.1 Å². The second kappa shape index (κ2) is 5.06. The van der Waals surface area contributed by atoms with Crippen LogP contribution in [0.4, 0.5) is 4.39 Å². The minimum atomic E-state index is -0.414. The van der Waals surface area contributed by atoms with Crippen LogP contribution in [0.2, 0.25) is 5.02 Å². The highest BCUT2D eigenvalue weighted by Crippen LogP contribution is 2.29. The molecule has 0 amide bonds. The maximum atomic E-state index is 13.3. The first-order chi connectivity index (χ1) is 8.70. The Kier molecular flexibility index (Phi) is 3.44. The second-order valence-corrected chi connectivity index (χ2v) is 5.69. The Morgan fingerprint density at radius 1 is 1.22 bits per heavy atom. The normalized spacial score (nSPS) is 31.1. The van der Waals surface area contributed by atoms with Crippen molar-refractivity contribution < 1.29 is 9.13 Å². The lowest BCUT2D eigenvalue weighted by molar-refractivity contribution is 0.0925. The molecule has 1 N–H and O–H groups in total.